The Labute approximate surface area is 230 Å². The number of unbranched alkanes of at least 4 members (excludes halogenated alkanes) is 1. The van der Waals surface area contributed by atoms with E-state index in [1.165, 1.54) is 12.1 Å². The molecule has 3 aromatic heterocycles. The van der Waals surface area contributed by atoms with Crippen LogP contribution >= 0.6 is 0 Å². The van der Waals surface area contributed by atoms with Crippen molar-refractivity contribution in [3.8, 4) is 22.4 Å². The minimum absolute atomic E-state index is 0.0308. The van der Waals surface area contributed by atoms with Gasteiger partial charge in [0.2, 0.25) is 5.91 Å². The maximum absolute atomic E-state index is 13.5. The summed E-state index contributed by atoms with van der Waals surface area (Å²) in [6.45, 7) is 4.03. The molecule has 4 heterocycles. The molecule has 3 N–H and O–H groups in total. The van der Waals surface area contributed by atoms with Gasteiger partial charge < -0.3 is 15.6 Å². The number of anilines is 2. The van der Waals surface area contributed by atoms with Gasteiger partial charge in [0.15, 0.2) is 5.82 Å². The smallest absolute Gasteiger partial charge is 0.224 e. The van der Waals surface area contributed by atoms with Gasteiger partial charge >= 0.3 is 0 Å². The summed E-state index contributed by atoms with van der Waals surface area (Å²) in [6.07, 6.45) is 7.24. The van der Waals surface area contributed by atoms with Crippen molar-refractivity contribution < 1.29 is 9.18 Å². The van der Waals surface area contributed by atoms with Crippen molar-refractivity contribution in [2.24, 2.45) is 4.99 Å². The SMILES string of the molecule is CCCCC(=O)Nc1cncc(-c2cc3c(cn2)N[C@@H](C)N=C3c2nc3c(-c4ccc(F)cc4)cccc3[nH]2)c1. The van der Waals surface area contributed by atoms with E-state index in [0.717, 1.165) is 51.8 Å². The zero-order chi connectivity index (χ0) is 27.6. The molecule has 0 unspecified atom stereocenters. The third kappa shape index (κ3) is 5.05. The van der Waals surface area contributed by atoms with E-state index in [4.69, 9.17) is 9.98 Å². The molecule has 0 spiro atoms. The Morgan fingerprint density at radius 3 is 2.70 bits per heavy atom. The first-order chi connectivity index (χ1) is 19.5. The molecular weight excluding hydrogens is 505 g/mol. The Morgan fingerprint density at radius 2 is 1.88 bits per heavy atom. The predicted molar refractivity (Wildman–Crippen MR) is 156 cm³/mol. The Hall–Kier alpha value is -4.92. The average Bonchev–Trinajstić information content (AvgIpc) is 3.40. The highest BCUT2D eigenvalue weighted by Crippen LogP contribution is 2.32. The number of para-hydroxylation sites is 1. The molecule has 1 aliphatic heterocycles. The number of fused-ring (bicyclic) bond motifs is 2. The van der Waals surface area contributed by atoms with Gasteiger partial charge in [0.25, 0.3) is 0 Å². The molecule has 1 atom stereocenters. The van der Waals surface area contributed by atoms with Crippen molar-refractivity contribution in [1.29, 1.82) is 0 Å². The largest absolute Gasteiger partial charge is 0.362 e. The lowest BCUT2D eigenvalue weighted by Gasteiger charge is -2.22. The molecule has 1 aliphatic rings. The minimum Gasteiger partial charge on any atom is -0.362 e. The van der Waals surface area contributed by atoms with Crippen molar-refractivity contribution in [3.05, 3.63) is 90.4 Å². The Balaban J connectivity index is 1.37. The van der Waals surface area contributed by atoms with E-state index in [9.17, 15) is 9.18 Å². The van der Waals surface area contributed by atoms with Crippen LogP contribution in [-0.4, -0.2) is 37.7 Å². The van der Waals surface area contributed by atoms with Crippen molar-refractivity contribution in [2.75, 3.05) is 10.6 Å². The van der Waals surface area contributed by atoms with E-state index >= 15 is 0 Å². The second-order valence-electron chi connectivity index (χ2n) is 9.82. The molecule has 0 saturated heterocycles. The molecule has 0 aliphatic carbocycles. The van der Waals surface area contributed by atoms with Gasteiger partial charge in [-0.15, -0.1) is 0 Å². The van der Waals surface area contributed by atoms with E-state index in [1.807, 2.05) is 37.3 Å². The zero-order valence-electron chi connectivity index (χ0n) is 22.2. The van der Waals surface area contributed by atoms with Crippen molar-refractivity contribution in [3.63, 3.8) is 0 Å². The van der Waals surface area contributed by atoms with Gasteiger partial charge in [0, 0.05) is 29.3 Å². The minimum atomic E-state index is -0.280. The van der Waals surface area contributed by atoms with E-state index in [1.54, 1.807) is 30.7 Å². The van der Waals surface area contributed by atoms with Crippen molar-refractivity contribution in [2.45, 2.75) is 39.3 Å². The fourth-order valence-electron chi connectivity index (χ4n) is 4.85. The molecule has 0 bridgehead atoms. The molecule has 0 fully saturated rings. The van der Waals surface area contributed by atoms with Crippen LogP contribution in [0, 0.1) is 5.82 Å². The highest BCUT2D eigenvalue weighted by Gasteiger charge is 2.24. The van der Waals surface area contributed by atoms with Crippen LogP contribution in [0.2, 0.25) is 0 Å². The standard InChI is InChI=1S/C31H28FN7O/c1-3-4-8-28(40)37-22-13-20(15-33-16-22)26-14-24-27(17-34-26)35-18(2)36-30(24)31-38-25-7-5-6-23(29(25)39-31)19-9-11-21(32)12-10-19/h5-7,9-18,35H,3-4,8H2,1-2H3,(H,37,40)(H,38,39)/t18-/m1/s1. The number of imidazole rings is 1. The summed E-state index contributed by atoms with van der Waals surface area (Å²) in [5, 5.41) is 6.30. The monoisotopic (exact) mass is 533 g/mol. The number of amides is 1. The Bertz CT molecular complexity index is 1740. The summed E-state index contributed by atoms with van der Waals surface area (Å²) in [4.78, 5) is 34.5. The highest BCUT2D eigenvalue weighted by atomic mass is 19.1. The molecule has 40 heavy (non-hydrogen) atoms. The first-order valence-electron chi connectivity index (χ1n) is 13.3. The molecule has 1 amide bonds. The molecule has 0 saturated carbocycles. The van der Waals surface area contributed by atoms with Crippen LogP contribution in [0.25, 0.3) is 33.4 Å². The van der Waals surface area contributed by atoms with E-state index < -0.39 is 0 Å². The third-order valence-electron chi connectivity index (χ3n) is 6.81. The number of aromatic amines is 1. The second-order valence-corrected chi connectivity index (χ2v) is 9.82. The Kier molecular flexibility index (Phi) is 6.77. The normalized spacial score (nSPS) is 14.4. The number of carbonyl (C=O) groups is 1. The maximum Gasteiger partial charge on any atom is 0.224 e. The number of nitrogens with zero attached hydrogens (tertiary/aromatic N) is 4. The number of H-pyrrole nitrogens is 1. The maximum atomic E-state index is 13.5. The van der Waals surface area contributed by atoms with Crippen molar-refractivity contribution in [1.82, 2.24) is 19.9 Å². The Morgan fingerprint density at radius 1 is 1.02 bits per heavy atom. The summed E-state index contributed by atoms with van der Waals surface area (Å²) in [5.74, 6) is 0.320. The van der Waals surface area contributed by atoms with Crippen LogP contribution in [0.3, 0.4) is 0 Å². The number of carbonyl (C=O) groups excluding carboxylic acids is 1. The van der Waals surface area contributed by atoms with Gasteiger partial charge in [-0.1, -0.05) is 37.6 Å². The van der Waals surface area contributed by atoms with E-state index in [-0.39, 0.29) is 17.9 Å². The molecule has 200 valence electrons. The molecular formula is C31H28FN7O. The van der Waals surface area contributed by atoms with Crippen LogP contribution in [-0.2, 0) is 4.79 Å². The van der Waals surface area contributed by atoms with Gasteiger partial charge in [0.1, 0.15) is 17.7 Å². The van der Waals surface area contributed by atoms with Crippen LogP contribution in [0.5, 0.6) is 0 Å². The third-order valence-corrected chi connectivity index (χ3v) is 6.81. The first-order valence-corrected chi connectivity index (χ1v) is 13.3. The summed E-state index contributed by atoms with van der Waals surface area (Å²) in [5.41, 5.74) is 7.93. The highest BCUT2D eigenvalue weighted by molar-refractivity contribution is 6.16. The first kappa shape index (κ1) is 25.4. The number of benzene rings is 2. The van der Waals surface area contributed by atoms with Crippen LogP contribution in [0.1, 0.15) is 44.5 Å². The number of pyridine rings is 2. The number of nitrogens with one attached hydrogen (secondary N) is 3. The summed E-state index contributed by atoms with van der Waals surface area (Å²) >= 11 is 0. The molecule has 8 nitrogen and oxygen atoms in total. The lowest BCUT2D eigenvalue weighted by atomic mass is 10.0. The molecule has 0 radical (unpaired) electrons. The van der Waals surface area contributed by atoms with E-state index in [2.05, 4.69) is 32.5 Å². The van der Waals surface area contributed by atoms with Gasteiger partial charge in [-0.3, -0.25) is 19.8 Å². The van der Waals surface area contributed by atoms with Crippen LogP contribution in [0.4, 0.5) is 15.8 Å². The quantitative estimate of drug-likeness (QED) is 0.219. The van der Waals surface area contributed by atoms with Crippen molar-refractivity contribution >= 4 is 34.0 Å². The van der Waals surface area contributed by atoms with Gasteiger partial charge in [0.05, 0.1) is 40.5 Å². The topological polar surface area (TPSA) is 108 Å². The molecule has 5 aromatic rings. The fourth-order valence-corrected chi connectivity index (χ4v) is 4.85. The number of halogens is 1. The lowest BCUT2D eigenvalue weighted by molar-refractivity contribution is -0.116. The number of aliphatic imine (C=N–C) groups is 1. The molecule has 6 rings (SSSR count). The lowest BCUT2D eigenvalue weighted by Crippen LogP contribution is -2.24. The summed E-state index contributed by atoms with van der Waals surface area (Å²) in [7, 11) is 0. The van der Waals surface area contributed by atoms with Crippen LogP contribution < -0.4 is 10.6 Å². The molecule has 9 heteroatoms. The number of aromatic nitrogens is 4. The molecule has 2 aromatic carbocycles. The predicted octanol–water partition coefficient (Wildman–Crippen LogP) is 6.56. The number of hydrogen-bond donors (Lipinski definition) is 3. The zero-order valence-corrected chi connectivity index (χ0v) is 22.2. The summed E-state index contributed by atoms with van der Waals surface area (Å²) < 4.78 is 13.5. The summed E-state index contributed by atoms with van der Waals surface area (Å²) in [6, 6.07) is 16.1. The van der Waals surface area contributed by atoms with Crippen LogP contribution in [0.15, 0.2) is 78.2 Å². The fraction of sp³-hybridized carbons (Fsp3) is 0.194. The van der Waals surface area contributed by atoms with Gasteiger partial charge in [-0.05, 0) is 49.2 Å². The van der Waals surface area contributed by atoms with Gasteiger partial charge in [-0.25, -0.2) is 9.37 Å². The number of rotatable bonds is 7. The second kappa shape index (κ2) is 10.7. The van der Waals surface area contributed by atoms with Gasteiger partial charge in [-0.2, -0.15) is 0 Å². The number of hydrogen-bond acceptors (Lipinski definition) is 6. The average molecular weight is 534 g/mol. The van der Waals surface area contributed by atoms with E-state index in [0.29, 0.717) is 29.3 Å².